The molecule has 0 N–H and O–H groups in total. The summed E-state index contributed by atoms with van der Waals surface area (Å²) in [6, 6.07) is -0.612. The smallest absolute Gasteiger partial charge is 0.328 e. The van der Waals surface area contributed by atoms with Crippen LogP contribution in [0.25, 0.3) is 21.6 Å². The molecule has 1 atom stereocenters. The first kappa shape index (κ1) is 11.8. The largest absolute Gasteiger partial charge is 0.467 e. The number of nitrogens with zero attached hydrogens (tertiary/aromatic N) is 7. The Morgan fingerprint density at radius 3 is 3.00 bits per heavy atom. The minimum absolute atomic E-state index is 0.121. The number of esters is 1. The van der Waals surface area contributed by atoms with Crippen molar-refractivity contribution in [2.45, 2.75) is 13.0 Å². The van der Waals surface area contributed by atoms with Gasteiger partial charge in [-0.25, -0.2) is 19.7 Å². The second-order valence-corrected chi connectivity index (χ2v) is 3.41. The van der Waals surface area contributed by atoms with E-state index in [0.717, 1.165) is 0 Å². The molecule has 0 fully saturated rings. The van der Waals surface area contributed by atoms with Gasteiger partial charge in [0.25, 0.3) is 0 Å². The number of hydrogen-bond acceptors (Lipinski definition) is 6. The highest BCUT2D eigenvalue weighted by Crippen LogP contribution is 2.24. The lowest BCUT2D eigenvalue weighted by atomic mass is 10.3. The topological polar surface area (TPSA) is 119 Å². The molecule has 18 heavy (non-hydrogen) atoms. The Hall–Kier alpha value is -2.67. The van der Waals surface area contributed by atoms with E-state index in [0.29, 0.717) is 11.2 Å². The van der Waals surface area contributed by atoms with E-state index in [-0.39, 0.29) is 5.82 Å². The first-order chi connectivity index (χ1) is 8.69. The number of imidazole rings is 1. The van der Waals surface area contributed by atoms with Crippen molar-refractivity contribution in [2.75, 3.05) is 7.11 Å². The van der Waals surface area contributed by atoms with E-state index in [4.69, 9.17) is 5.53 Å². The molecule has 2 heterocycles. The molecule has 0 amide bonds. The van der Waals surface area contributed by atoms with Gasteiger partial charge < -0.3 is 9.30 Å². The van der Waals surface area contributed by atoms with Gasteiger partial charge in [0.15, 0.2) is 11.5 Å². The van der Waals surface area contributed by atoms with E-state index in [1.807, 2.05) is 0 Å². The van der Waals surface area contributed by atoms with E-state index in [1.165, 1.54) is 24.3 Å². The highest BCUT2D eigenvalue weighted by atomic mass is 16.5. The maximum atomic E-state index is 11.5. The van der Waals surface area contributed by atoms with Gasteiger partial charge in [-0.05, 0) is 17.6 Å². The van der Waals surface area contributed by atoms with Crippen LogP contribution >= 0.6 is 0 Å². The zero-order chi connectivity index (χ0) is 13.1. The number of ether oxygens (including phenoxy) is 1. The molecule has 0 aliphatic heterocycles. The van der Waals surface area contributed by atoms with Crippen LogP contribution in [0, 0.1) is 0 Å². The molecule has 0 bridgehead atoms. The maximum Gasteiger partial charge on any atom is 0.328 e. The van der Waals surface area contributed by atoms with Crippen LogP contribution in [0.1, 0.15) is 13.0 Å². The Morgan fingerprint density at radius 1 is 1.56 bits per heavy atom. The summed E-state index contributed by atoms with van der Waals surface area (Å²) in [6.45, 7) is 1.64. The second kappa shape index (κ2) is 4.68. The van der Waals surface area contributed by atoms with Crippen LogP contribution in [0.3, 0.4) is 0 Å². The van der Waals surface area contributed by atoms with Crippen LogP contribution in [0.15, 0.2) is 17.8 Å². The summed E-state index contributed by atoms with van der Waals surface area (Å²) in [7, 11) is 1.29. The minimum atomic E-state index is -0.612. The van der Waals surface area contributed by atoms with E-state index in [2.05, 4.69) is 29.7 Å². The Kier molecular flexibility index (Phi) is 3.07. The lowest BCUT2D eigenvalue weighted by Crippen LogP contribution is -2.17. The van der Waals surface area contributed by atoms with Gasteiger partial charge in [-0.15, -0.1) is 0 Å². The Labute approximate surface area is 101 Å². The van der Waals surface area contributed by atoms with Crippen molar-refractivity contribution in [3.8, 4) is 0 Å². The monoisotopic (exact) mass is 247 g/mol. The van der Waals surface area contributed by atoms with Gasteiger partial charge in [0.2, 0.25) is 0 Å². The van der Waals surface area contributed by atoms with Crippen molar-refractivity contribution in [1.82, 2.24) is 19.5 Å². The van der Waals surface area contributed by atoms with E-state index >= 15 is 0 Å². The van der Waals surface area contributed by atoms with Crippen LogP contribution in [0.5, 0.6) is 0 Å². The van der Waals surface area contributed by atoms with Crippen LogP contribution in [0.2, 0.25) is 0 Å². The molecule has 0 aromatic carbocycles. The lowest BCUT2D eigenvalue weighted by molar-refractivity contribution is -0.143. The lowest BCUT2D eigenvalue weighted by Gasteiger charge is -2.11. The third-order valence-electron chi connectivity index (χ3n) is 2.45. The number of carbonyl (C=O) groups is 1. The van der Waals surface area contributed by atoms with Crippen LogP contribution in [-0.2, 0) is 9.53 Å². The highest BCUT2D eigenvalue weighted by molar-refractivity contribution is 5.84. The molecule has 2 aromatic heterocycles. The molecule has 92 valence electrons. The summed E-state index contributed by atoms with van der Waals surface area (Å²) in [6.07, 6.45) is 2.67. The SMILES string of the molecule is COC(=O)C(C)n1cnc2ncnc(N=[N+]=[N-])c21. The van der Waals surface area contributed by atoms with Gasteiger partial charge in [0.1, 0.15) is 17.9 Å². The van der Waals surface area contributed by atoms with Crippen molar-refractivity contribution in [3.05, 3.63) is 23.1 Å². The van der Waals surface area contributed by atoms with E-state index in [1.54, 1.807) is 6.92 Å². The van der Waals surface area contributed by atoms with Crippen molar-refractivity contribution in [2.24, 2.45) is 5.11 Å². The fourth-order valence-electron chi connectivity index (χ4n) is 1.55. The average Bonchev–Trinajstić information content (AvgIpc) is 2.82. The predicted molar refractivity (Wildman–Crippen MR) is 60.9 cm³/mol. The Balaban J connectivity index is 2.65. The molecular weight excluding hydrogens is 238 g/mol. The van der Waals surface area contributed by atoms with Crippen LogP contribution < -0.4 is 0 Å². The number of methoxy groups -OCH3 is 1. The number of azide groups is 1. The first-order valence-electron chi connectivity index (χ1n) is 4.99. The van der Waals surface area contributed by atoms with Gasteiger partial charge in [-0.3, -0.25) is 0 Å². The molecule has 2 rings (SSSR count). The standard InChI is InChI=1S/C9H9N7O2/c1-5(9(17)18-2)16-4-13-7-6(16)8(14-15-10)12-3-11-7/h3-5H,1-2H3. The predicted octanol–water partition coefficient (Wildman–Crippen LogP) is 1.50. The number of fused-ring (bicyclic) bond motifs is 1. The molecule has 0 saturated heterocycles. The van der Waals surface area contributed by atoms with Gasteiger partial charge in [0, 0.05) is 4.91 Å². The molecule has 0 aliphatic carbocycles. The second-order valence-electron chi connectivity index (χ2n) is 3.41. The quantitative estimate of drug-likeness (QED) is 0.352. The third kappa shape index (κ3) is 1.82. The zero-order valence-electron chi connectivity index (χ0n) is 9.68. The van der Waals surface area contributed by atoms with Gasteiger partial charge in [-0.2, -0.15) is 0 Å². The molecule has 0 radical (unpaired) electrons. The van der Waals surface area contributed by atoms with E-state index < -0.39 is 12.0 Å². The number of aromatic nitrogens is 4. The Bertz CT molecular complexity index is 643. The summed E-state index contributed by atoms with van der Waals surface area (Å²) < 4.78 is 6.16. The maximum absolute atomic E-state index is 11.5. The molecule has 0 spiro atoms. The zero-order valence-corrected chi connectivity index (χ0v) is 9.68. The van der Waals surface area contributed by atoms with Crippen molar-refractivity contribution in [3.63, 3.8) is 0 Å². The van der Waals surface area contributed by atoms with Crippen LogP contribution in [0.4, 0.5) is 5.82 Å². The van der Waals surface area contributed by atoms with Crippen molar-refractivity contribution >= 4 is 23.0 Å². The average molecular weight is 247 g/mol. The van der Waals surface area contributed by atoms with Crippen molar-refractivity contribution in [1.29, 1.82) is 0 Å². The fourth-order valence-corrected chi connectivity index (χ4v) is 1.55. The molecule has 1 unspecified atom stereocenters. The summed E-state index contributed by atoms with van der Waals surface area (Å²) in [5.41, 5.74) is 9.22. The van der Waals surface area contributed by atoms with Crippen LogP contribution in [-0.4, -0.2) is 32.6 Å². The molecular formula is C9H9N7O2. The number of carbonyl (C=O) groups excluding carboxylic acids is 1. The van der Waals surface area contributed by atoms with Gasteiger partial charge in [-0.1, -0.05) is 0 Å². The molecule has 9 heteroatoms. The van der Waals surface area contributed by atoms with E-state index in [9.17, 15) is 4.79 Å². The third-order valence-corrected chi connectivity index (χ3v) is 2.45. The summed E-state index contributed by atoms with van der Waals surface area (Å²) in [5.74, 6) is -0.319. The fraction of sp³-hybridized carbons (Fsp3) is 0.333. The molecule has 2 aromatic rings. The highest BCUT2D eigenvalue weighted by Gasteiger charge is 2.20. The summed E-state index contributed by atoms with van der Waals surface area (Å²) in [5, 5.41) is 3.45. The molecule has 0 aliphatic rings. The summed E-state index contributed by atoms with van der Waals surface area (Å²) >= 11 is 0. The number of hydrogen-bond donors (Lipinski definition) is 0. The molecule has 0 saturated carbocycles. The first-order valence-corrected chi connectivity index (χ1v) is 4.99. The number of rotatable bonds is 3. The summed E-state index contributed by atoms with van der Waals surface area (Å²) in [4.78, 5) is 26.0. The molecule has 9 nitrogen and oxygen atoms in total. The normalized spacial score (nSPS) is 11.9. The Morgan fingerprint density at radius 2 is 2.33 bits per heavy atom. The van der Waals surface area contributed by atoms with Gasteiger partial charge in [0.05, 0.1) is 13.4 Å². The van der Waals surface area contributed by atoms with Gasteiger partial charge >= 0.3 is 5.97 Å². The van der Waals surface area contributed by atoms with Crippen molar-refractivity contribution < 1.29 is 9.53 Å². The minimum Gasteiger partial charge on any atom is -0.467 e.